The van der Waals surface area contributed by atoms with Gasteiger partial charge in [0.15, 0.2) is 0 Å². The lowest BCUT2D eigenvalue weighted by Gasteiger charge is -2.32. The summed E-state index contributed by atoms with van der Waals surface area (Å²) in [4.78, 5) is 24.4. The van der Waals surface area contributed by atoms with Gasteiger partial charge in [-0.25, -0.2) is 9.97 Å². The third-order valence-electron chi connectivity index (χ3n) is 4.67. The number of hydrogen-bond donors (Lipinski definition) is 1. The van der Waals surface area contributed by atoms with Gasteiger partial charge in [0, 0.05) is 63.0 Å². The minimum Gasteiger partial charge on any atom is -0.372 e. The molecule has 142 valence electrons. The van der Waals surface area contributed by atoms with Crippen molar-refractivity contribution in [3.8, 4) is 11.1 Å². The molecular weight excluding hydrogens is 338 g/mol. The van der Waals surface area contributed by atoms with Gasteiger partial charge in [-0.05, 0) is 31.4 Å². The highest BCUT2D eigenvalue weighted by molar-refractivity contribution is 5.72. The molecule has 0 bridgehead atoms. The second kappa shape index (κ2) is 8.66. The van der Waals surface area contributed by atoms with E-state index in [-0.39, 0.29) is 5.91 Å². The molecule has 0 unspecified atom stereocenters. The van der Waals surface area contributed by atoms with Gasteiger partial charge in [-0.3, -0.25) is 4.79 Å². The van der Waals surface area contributed by atoms with Crippen LogP contribution >= 0.6 is 0 Å². The van der Waals surface area contributed by atoms with E-state index >= 15 is 0 Å². The minimum atomic E-state index is 0.00400. The lowest BCUT2D eigenvalue weighted by molar-refractivity contribution is -0.118. The summed E-state index contributed by atoms with van der Waals surface area (Å²) in [7, 11) is 0. The van der Waals surface area contributed by atoms with E-state index in [0.29, 0.717) is 12.6 Å². The summed E-state index contributed by atoms with van der Waals surface area (Å²) in [6, 6.07) is 8.82. The smallest absolute Gasteiger partial charge is 0.229 e. The average molecular weight is 365 g/mol. The van der Waals surface area contributed by atoms with Crippen molar-refractivity contribution in [3.05, 3.63) is 54.6 Å². The van der Waals surface area contributed by atoms with Gasteiger partial charge in [0.25, 0.3) is 0 Å². The number of benzene rings is 1. The van der Waals surface area contributed by atoms with Crippen molar-refractivity contribution >= 4 is 11.9 Å². The quantitative estimate of drug-likeness (QED) is 0.853. The number of carbonyl (C=O) groups is 1. The van der Waals surface area contributed by atoms with Crippen molar-refractivity contribution in [2.45, 2.75) is 33.2 Å². The Hall–Kier alpha value is -2.89. The lowest BCUT2D eigenvalue weighted by atomic mass is 10.1. The van der Waals surface area contributed by atoms with Crippen LogP contribution in [-0.4, -0.2) is 46.5 Å². The van der Waals surface area contributed by atoms with Gasteiger partial charge < -0.3 is 15.1 Å². The summed E-state index contributed by atoms with van der Waals surface area (Å²) in [6.07, 6.45) is 8.71. The Morgan fingerprint density at radius 1 is 1.07 bits per heavy atom. The van der Waals surface area contributed by atoms with Crippen molar-refractivity contribution in [3.63, 3.8) is 0 Å². The number of anilines is 1. The molecule has 0 aliphatic carbocycles. The van der Waals surface area contributed by atoms with E-state index in [2.05, 4.69) is 69.4 Å². The normalized spacial score (nSPS) is 13.9. The zero-order valence-corrected chi connectivity index (χ0v) is 16.2. The van der Waals surface area contributed by atoms with Gasteiger partial charge in [0.2, 0.25) is 11.9 Å². The van der Waals surface area contributed by atoms with E-state index in [1.54, 1.807) is 0 Å². The number of carbonyl (C=O) groups excluding carboxylic acids is 1. The summed E-state index contributed by atoms with van der Waals surface area (Å²) >= 11 is 0. The summed E-state index contributed by atoms with van der Waals surface area (Å²) < 4.78 is 0. The highest BCUT2D eigenvalue weighted by atomic mass is 16.1. The Kier molecular flexibility index (Phi) is 6.06. The van der Waals surface area contributed by atoms with E-state index in [4.69, 9.17) is 0 Å². The Balaban J connectivity index is 1.62. The van der Waals surface area contributed by atoms with Crippen LogP contribution < -0.4 is 10.2 Å². The first kappa shape index (κ1) is 18.9. The average Bonchev–Trinajstić information content (AvgIpc) is 2.68. The molecule has 6 heteroatoms. The zero-order valence-electron chi connectivity index (χ0n) is 16.2. The fraction of sp³-hybridized carbons (Fsp3) is 0.381. The third kappa shape index (κ3) is 5.06. The van der Waals surface area contributed by atoms with Crippen LogP contribution in [0.3, 0.4) is 0 Å². The Morgan fingerprint density at radius 2 is 1.78 bits per heavy atom. The highest BCUT2D eigenvalue weighted by Gasteiger charge is 2.15. The Labute approximate surface area is 160 Å². The van der Waals surface area contributed by atoms with E-state index in [1.165, 1.54) is 12.5 Å². The topological polar surface area (TPSA) is 61.4 Å². The molecule has 0 atom stereocenters. The number of rotatable bonds is 6. The van der Waals surface area contributed by atoms with Crippen molar-refractivity contribution in [2.75, 3.05) is 24.5 Å². The predicted molar refractivity (Wildman–Crippen MR) is 108 cm³/mol. The standard InChI is InChI=1S/C21H27N5O/c1-16(2)25-10-12-26(13-11-25)21-23-14-20(15-24-21)19-6-4-18(5-7-19)8-9-22-17(3)27/h4-7,10,12,14-16H,8-9,11,13H2,1-3H3,(H,22,27). The predicted octanol–water partition coefficient (Wildman–Crippen LogP) is 2.82. The molecule has 0 radical (unpaired) electrons. The molecule has 6 nitrogen and oxygen atoms in total. The molecule has 0 spiro atoms. The first-order chi connectivity index (χ1) is 13.0. The molecule has 0 saturated carbocycles. The first-order valence-corrected chi connectivity index (χ1v) is 9.39. The lowest BCUT2D eigenvalue weighted by Crippen LogP contribution is -2.38. The number of amides is 1. The second-order valence-corrected chi connectivity index (χ2v) is 7.02. The van der Waals surface area contributed by atoms with Crippen LogP contribution in [0.25, 0.3) is 11.1 Å². The van der Waals surface area contributed by atoms with Crippen molar-refractivity contribution in [2.24, 2.45) is 0 Å². The number of hydrogen-bond acceptors (Lipinski definition) is 5. The van der Waals surface area contributed by atoms with Gasteiger partial charge in [-0.15, -0.1) is 0 Å². The molecule has 27 heavy (non-hydrogen) atoms. The van der Waals surface area contributed by atoms with Crippen LogP contribution in [-0.2, 0) is 11.2 Å². The summed E-state index contributed by atoms with van der Waals surface area (Å²) in [5.74, 6) is 0.731. The molecule has 1 aromatic carbocycles. The molecule has 1 aromatic heterocycles. The summed E-state index contributed by atoms with van der Waals surface area (Å²) in [5, 5.41) is 2.81. The largest absolute Gasteiger partial charge is 0.372 e. The van der Waals surface area contributed by atoms with E-state index < -0.39 is 0 Å². The SMILES string of the molecule is CC(=O)NCCc1ccc(-c2cnc(N3C=CN(C(C)C)CC3)nc2)cc1. The van der Waals surface area contributed by atoms with E-state index in [9.17, 15) is 4.79 Å². The molecule has 2 heterocycles. The van der Waals surface area contributed by atoms with Crippen molar-refractivity contribution in [1.82, 2.24) is 20.2 Å². The van der Waals surface area contributed by atoms with Crippen LogP contribution in [0.2, 0.25) is 0 Å². The molecule has 1 N–H and O–H groups in total. The molecule has 0 fully saturated rings. The van der Waals surface area contributed by atoms with Gasteiger partial charge in [0.05, 0.1) is 0 Å². The summed E-state index contributed by atoms with van der Waals surface area (Å²) in [5.41, 5.74) is 3.28. The molecule has 2 aromatic rings. The van der Waals surface area contributed by atoms with Crippen molar-refractivity contribution < 1.29 is 4.79 Å². The maximum absolute atomic E-state index is 10.9. The van der Waals surface area contributed by atoms with Crippen molar-refractivity contribution in [1.29, 1.82) is 0 Å². The Bertz CT molecular complexity index is 783. The molecule has 1 amide bonds. The fourth-order valence-corrected chi connectivity index (χ4v) is 3.00. The zero-order chi connectivity index (χ0) is 19.2. The highest BCUT2D eigenvalue weighted by Crippen LogP contribution is 2.21. The van der Waals surface area contributed by atoms with Gasteiger partial charge in [-0.1, -0.05) is 24.3 Å². The summed E-state index contributed by atoms with van der Waals surface area (Å²) in [6.45, 7) is 8.43. The number of aromatic nitrogens is 2. The minimum absolute atomic E-state index is 0.00400. The van der Waals surface area contributed by atoms with Crippen LogP contribution in [0.15, 0.2) is 49.1 Å². The second-order valence-electron chi connectivity index (χ2n) is 7.02. The van der Waals surface area contributed by atoms with Crippen LogP contribution in [0.4, 0.5) is 5.95 Å². The van der Waals surface area contributed by atoms with E-state index in [0.717, 1.165) is 36.6 Å². The number of nitrogens with one attached hydrogen (secondary N) is 1. The monoisotopic (exact) mass is 365 g/mol. The fourth-order valence-electron chi connectivity index (χ4n) is 3.00. The van der Waals surface area contributed by atoms with Gasteiger partial charge >= 0.3 is 0 Å². The maximum atomic E-state index is 10.9. The third-order valence-corrected chi connectivity index (χ3v) is 4.67. The molecular formula is C21H27N5O. The van der Waals surface area contributed by atoms with Crippen LogP contribution in [0.5, 0.6) is 0 Å². The molecule has 1 aliphatic rings. The first-order valence-electron chi connectivity index (χ1n) is 9.39. The Morgan fingerprint density at radius 3 is 2.33 bits per heavy atom. The van der Waals surface area contributed by atoms with Gasteiger partial charge in [-0.2, -0.15) is 0 Å². The molecule has 3 rings (SSSR count). The maximum Gasteiger partial charge on any atom is 0.229 e. The van der Waals surface area contributed by atoms with Crippen LogP contribution in [0, 0.1) is 0 Å². The van der Waals surface area contributed by atoms with Gasteiger partial charge in [0.1, 0.15) is 0 Å². The number of nitrogens with zero attached hydrogens (tertiary/aromatic N) is 4. The van der Waals surface area contributed by atoms with E-state index in [1.807, 2.05) is 18.6 Å². The van der Waals surface area contributed by atoms with Crippen LogP contribution in [0.1, 0.15) is 26.3 Å². The molecule has 0 saturated heterocycles. The molecule has 1 aliphatic heterocycles.